The maximum absolute atomic E-state index is 12.0. The molecule has 0 unspecified atom stereocenters. The zero-order valence-corrected chi connectivity index (χ0v) is 14.2. The van der Waals surface area contributed by atoms with Gasteiger partial charge in [-0.1, -0.05) is 28.1 Å². The Labute approximate surface area is 143 Å². The van der Waals surface area contributed by atoms with Gasteiger partial charge in [0.15, 0.2) is 0 Å². The number of ether oxygens (including phenoxy) is 1. The van der Waals surface area contributed by atoms with E-state index in [1.54, 1.807) is 24.3 Å². The van der Waals surface area contributed by atoms with Crippen LogP contribution in [0.4, 0.5) is 11.4 Å². The van der Waals surface area contributed by atoms with Crippen LogP contribution in [-0.4, -0.2) is 25.5 Å². The van der Waals surface area contributed by atoms with Crippen molar-refractivity contribution in [3.8, 4) is 0 Å². The second kappa shape index (κ2) is 8.33. The molecule has 0 fully saturated rings. The Hall–Kier alpha value is -2.34. The van der Waals surface area contributed by atoms with Gasteiger partial charge < -0.3 is 15.4 Å². The minimum absolute atomic E-state index is 0.175. The van der Waals surface area contributed by atoms with Crippen molar-refractivity contribution in [2.24, 2.45) is 0 Å². The highest BCUT2D eigenvalue weighted by Crippen LogP contribution is 2.17. The molecule has 120 valence electrons. The lowest BCUT2D eigenvalue weighted by atomic mass is 10.1. The third-order valence-corrected chi connectivity index (χ3v) is 3.66. The molecule has 0 atom stereocenters. The van der Waals surface area contributed by atoms with Crippen LogP contribution < -0.4 is 10.6 Å². The molecule has 6 heteroatoms. The molecule has 2 aromatic rings. The van der Waals surface area contributed by atoms with E-state index in [1.165, 1.54) is 7.11 Å². The monoisotopic (exact) mass is 376 g/mol. The molecular weight excluding hydrogens is 360 g/mol. The molecule has 0 saturated heterocycles. The highest BCUT2D eigenvalue weighted by Gasteiger charge is 2.12. The van der Waals surface area contributed by atoms with Gasteiger partial charge in [-0.3, -0.25) is 4.79 Å². The summed E-state index contributed by atoms with van der Waals surface area (Å²) in [6.07, 6.45) is 0.283. The van der Waals surface area contributed by atoms with Gasteiger partial charge in [0, 0.05) is 23.1 Å². The van der Waals surface area contributed by atoms with E-state index >= 15 is 0 Å². The van der Waals surface area contributed by atoms with Crippen molar-refractivity contribution < 1.29 is 14.3 Å². The number of carbonyl (C=O) groups excluding carboxylic acids is 2. The minimum Gasteiger partial charge on any atom is -0.465 e. The van der Waals surface area contributed by atoms with E-state index in [1.807, 2.05) is 24.3 Å². The lowest BCUT2D eigenvalue weighted by Gasteiger charge is -2.10. The summed E-state index contributed by atoms with van der Waals surface area (Å²) in [5.74, 6) is -0.653. The average molecular weight is 377 g/mol. The molecule has 23 heavy (non-hydrogen) atoms. The maximum Gasteiger partial charge on any atom is 0.339 e. The lowest BCUT2D eigenvalue weighted by Crippen LogP contribution is -2.18. The molecular formula is C17H17BrN2O3. The van der Waals surface area contributed by atoms with Crippen LogP contribution in [0.15, 0.2) is 53.0 Å². The summed E-state index contributed by atoms with van der Waals surface area (Å²) in [6, 6.07) is 14.5. The van der Waals surface area contributed by atoms with Crippen molar-refractivity contribution >= 4 is 39.2 Å². The summed E-state index contributed by atoms with van der Waals surface area (Å²) in [4.78, 5) is 23.7. The molecule has 0 heterocycles. The van der Waals surface area contributed by atoms with Crippen LogP contribution in [0.3, 0.4) is 0 Å². The Morgan fingerprint density at radius 2 is 1.78 bits per heavy atom. The van der Waals surface area contributed by atoms with Crippen molar-refractivity contribution in [2.45, 2.75) is 6.42 Å². The molecule has 0 bridgehead atoms. The van der Waals surface area contributed by atoms with Gasteiger partial charge in [-0.2, -0.15) is 0 Å². The summed E-state index contributed by atoms with van der Waals surface area (Å²) in [5, 5.41) is 5.90. The van der Waals surface area contributed by atoms with E-state index in [9.17, 15) is 9.59 Å². The van der Waals surface area contributed by atoms with Gasteiger partial charge >= 0.3 is 5.97 Å². The fourth-order valence-electron chi connectivity index (χ4n) is 1.98. The normalized spacial score (nSPS) is 10.0. The molecule has 0 spiro atoms. The molecule has 0 saturated carbocycles. The van der Waals surface area contributed by atoms with Crippen LogP contribution in [0.2, 0.25) is 0 Å². The number of para-hydroxylation sites is 1. The van der Waals surface area contributed by atoms with Crippen molar-refractivity contribution in [1.82, 2.24) is 0 Å². The number of anilines is 2. The largest absolute Gasteiger partial charge is 0.465 e. The van der Waals surface area contributed by atoms with Gasteiger partial charge in [-0.25, -0.2) is 4.79 Å². The highest BCUT2D eigenvalue weighted by molar-refractivity contribution is 9.10. The molecule has 2 aromatic carbocycles. The fourth-order valence-corrected chi connectivity index (χ4v) is 2.25. The second-order valence-electron chi connectivity index (χ2n) is 4.77. The Morgan fingerprint density at radius 3 is 2.48 bits per heavy atom. The van der Waals surface area contributed by atoms with Crippen LogP contribution in [-0.2, 0) is 9.53 Å². The maximum atomic E-state index is 12.0. The average Bonchev–Trinajstić information content (AvgIpc) is 2.56. The van der Waals surface area contributed by atoms with Crippen LogP contribution in [0, 0.1) is 0 Å². The van der Waals surface area contributed by atoms with Gasteiger partial charge in [0.1, 0.15) is 0 Å². The van der Waals surface area contributed by atoms with Crippen LogP contribution >= 0.6 is 15.9 Å². The van der Waals surface area contributed by atoms with Gasteiger partial charge in [0.05, 0.1) is 18.4 Å². The van der Waals surface area contributed by atoms with E-state index in [2.05, 4.69) is 26.6 Å². The summed E-state index contributed by atoms with van der Waals surface area (Å²) >= 11 is 3.37. The molecule has 5 nitrogen and oxygen atoms in total. The number of amides is 1. The van der Waals surface area contributed by atoms with E-state index in [-0.39, 0.29) is 12.3 Å². The lowest BCUT2D eigenvalue weighted by molar-refractivity contribution is -0.115. The van der Waals surface area contributed by atoms with Gasteiger partial charge in [-0.05, 0) is 36.4 Å². The number of hydrogen-bond acceptors (Lipinski definition) is 4. The number of nitrogens with one attached hydrogen (secondary N) is 2. The van der Waals surface area contributed by atoms with E-state index in [0.29, 0.717) is 17.8 Å². The number of halogens is 1. The molecule has 0 radical (unpaired) electrons. The van der Waals surface area contributed by atoms with Gasteiger partial charge in [0.2, 0.25) is 5.91 Å². The first-order chi connectivity index (χ1) is 11.1. The Kier molecular flexibility index (Phi) is 6.17. The van der Waals surface area contributed by atoms with Crippen molar-refractivity contribution in [2.75, 3.05) is 24.3 Å². The summed E-state index contributed by atoms with van der Waals surface area (Å²) in [5.41, 5.74) is 1.73. The molecule has 0 aliphatic carbocycles. The van der Waals surface area contributed by atoms with Crippen LogP contribution in [0.5, 0.6) is 0 Å². The number of methoxy groups -OCH3 is 1. The standard InChI is InChI=1S/C17H17BrN2O3/c1-23-17(22)14-4-2-3-5-15(14)20-16(21)10-11-19-13-8-6-12(18)7-9-13/h2-9,19H,10-11H2,1H3,(H,20,21). The zero-order chi connectivity index (χ0) is 16.7. The number of esters is 1. The Balaban J connectivity index is 1.88. The molecule has 1 amide bonds. The first-order valence-corrected chi connectivity index (χ1v) is 7.86. The first-order valence-electron chi connectivity index (χ1n) is 7.07. The summed E-state index contributed by atoms with van der Waals surface area (Å²) in [7, 11) is 1.31. The smallest absolute Gasteiger partial charge is 0.339 e. The molecule has 2 rings (SSSR count). The Morgan fingerprint density at radius 1 is 1.09 bits per heavy atom. The molecule has 0 aromatic heterocycles. The van der Waals surface area contributed by atoms with Crippen LogP contribution in [0.1, 0.15) is 16.8 Å². The SMILES string of the molecule is COC(=O)c1ccccc1NC(=O)CCNc1ccc(Br)cc1. The second-order valence-corrected chi connectivity index (χ2v) is 5.68. The highest BCUT2D eigenvalue weighted by atomic mass is 79.9. The minimum atomic E-state index is -0.478. The topological polar surface area (TPSA) is 67.4 Å². The molecule has 2 N–H and O–H groups in total. The van der Waals surface area contributed by atoms with Crippen LogP contribution in [0.25, 0.3) is 0 Å². The van der Waals surface area contributed by atoms with Crippen molar-refractivity contribution in [3.63, 3.8) is 0 Å². The number of rotatable bonds is 6. The summed E-state index contributed by atoms with van der Waals surface area (Å²) < 4.78 is 5.70. The third kappa shape index (κ3) is 5.10. The third-order valence-electron chi connectivity index (χ3n) is 3.13. The predicted octanol–water partition coefficient (Wildman–Crippen LogP) is 3.68. The number of hydrogen-bond donors (Lipinski definition) is 2. The van der Waals surface area contributed by atoms with E-state index in [0.717, 1.165) is 10.2 Å². The summed E-state index contributed by atoms with van der Waals surface area (Å²) in [6.45, 7) is 0.494. The predicted molar refractivity (Wildman–Crippen MR) is 93.7 cm³/mol. The van der Waals surface area contributed by atoms with Crippen molar-refractivity contribution in [3.05, 3.63) is 58.6 Å². The van der Waals surface area contributed by atoms with Crippen molar-refractivity contribution in [1.29, 1.82) is 0 Å². The number of carbonyl (C=O) groups is 2. The Bertz CT molecular complexity index is 686. The van der Waals surface area contributed by atoms with Gasteiger partial charge in [0.25, 0.3) is 0 Å². The van der Waals surface area contributed by atoms with Gasteiger partial charge in [-0.15, -0.1) is 0 Å². The molecule has 0 aliphatic rings. The van der Waals surface area contributed by atoms with E-state index in [4.69, 9.17) is 4.74 Å². The zero-order valence-electron chi connectivity index (χ0n) is 12.6. The van der Waals surface area contributed by atoms with E-state index < -0.39 is 5.97 Å². The first kappa shape index (κ1) is 17.0. The quantitative estimate of drug-likeness (QED) is 0.754. The fraction of sp³-hybridized carbons (Fsp3) is 0.176. The number of benzene rings is 2. The molecule has 0 aliphatic heterocycles.